The van der Waals surface area contributed by atoms with Gasteiger partial charge in [-0.05, 0) is 18.2 Å². The smallest absolute Gasteiger partial charge is 0.417 e. The Labute approximate surface area is 166 Å². The van der Waals surface area contributed by atoms with Gasteiger partial charge in [0.1, 0.15) is 6.04 Å². The molecule has 5 heterocycles. The minimum Gasteiger partial charge on any atom is -0.417 e. The lowest BCUT2D eigenvalue weighted by molar-refractivity contribution is -0.136. The zero-order valence-corrected chi connectivity index (χ0v) is 15.5. The number of aromatic nitrogens is 6. The van der Waals surface area contributed by atoms with E-state index in [2.05, 4.69) is 25.3 Å². The number of rotatable bonds is 2. The number of nitrogens with one attached hydrogen (secondary N) is 1. The average Bonchev–Trinajstić information content (AvgIpc) is 3.43. The van der Waals surface area contributed by atoms with Crippen molar-refractivity contribution in [1.82, 2.24) is 34.7 Å². The van der Waals surface area contributed by atoms with Crippen LogP contribution in [0.2, 0.25) is 0 Å². The number of alkyl halides is 3. The number of fused-ring (bicyclic) bond motifs is 2. The molecule has 5 rings (SSSR count). The van der Waals surface area contributed by atoms with Gasteiger partial charge in [-0.15, -0.1) is 10.2 Å². The Balaban J connectivity index is 1.65. The molecule has 0 bridgehead atoms. The molecule has 4 aromatic rings. The fraction of sp³-hybridized carbons (Fsp3) is 0.278. The molecule has 1 unspecified atom stereocenters. The number of carbonyl (C=O) groups excluding carboxylic acids is 1. The Morgan fingerprint density at radius 3 is 2.90 bits per heavy atom. The second-order valence-corrected chi connectivity index (χ2v) is 6.86. The molecule has 1 aliphatic heterocycles. The van der Waals surface area contributed by atoms with Gasteiger partial charge < -0.3 is 14.3 Å². The Kier molecular flexibility index (Phi) is 3.91. The van der Waals surface area contributed by atoms with E-state index in [1.54, 1.807) is 6.92 Å². The predicted octanol–water partition coefficient (Wildman–Crippen LogP) is 2.56. The molecule has 1 N–H and O–H groups in total. The van der Waals surface area contributed by atoms with Crippen LogP contribution in [0.25, 0.3) is 5.52 Å². The highest BCUT2D eigenvalue weighted by Gasteiger charge is 2.39. The number of hydrogen-bond donors (Lipinski definition) is 1. The van der Waals surface area contributed by atoms with Gasteiger partial charge in [-0.1, -0.05) is 0 Å². The van der Waals surface area contributed by atoms with E-state index in [9.17, 15) is 18.0 Å². The van der Waals surface area contributed by atoms with Gasteiger partial charge in [0.15, 0.2) is 0 Å². The number of aryl methyl sites for hydroxylation is 1. The van der Waals surface area contributed by atoms with Gasteiger partial charge in [0, 0.05) is 31.8 Å². The van der Waals surface area contributed by atoms with E-state index in [1.807, 2.05) is 0 Å². The zero-order valence-electron chi connectivity index (χ0n) is 15.5. The van der Waals surface area contributed by atoms with Gasteiger partial charge in [0.2, 0.25) is 5.89 Å². The molecule has 0 aliphatic carbocycles. The van der Waals surface area contributed by atoms with Crippen molar-refractivity contribution < 1.29 is 22.4 Å². The molecule has 30 heavy (non-hydrogen) atoms. The number of halogens is 3. The van der Waals surface area contributed by atoms with Crippen molar-refractivity contribution in [3.63, 3.8) is 0 Å². The number of H-pyrrole nitrogens is 1. The highest BCUT2D eigenvalue weighted by molar-refractivity contribution is 5.90. The number of hydrogen-bond acceptors (Lipinski definition) is 6. The number of aromatic amines is 1. The molecule has 0 aromatic carbocycles. The molecule has 0 spiro atoms. The first kappa shape index (κ1) is 18.3. The number of amides is 1. The number of pyridine rings is 1. The molecule has 0 saturated carbocycles. The zero-order chi connectivity index (χ0) is 21.0. The monoisotopic (exact) mass is 417 g/mol. The first-order valence-electron chi connectivity index (χ1n) is 9.01. The van der Waals surface area contributed by atoms with Crippen LogP contribution >= 0.6 is 0 Å². The first-order valence-corrected chi connectivity index (χ1v) is 9.01. The van der Waals surface area contributed by atoms with Crippen LogP contribution in [0.5, 0.6) is 0 Å². The van der Waals surface area contributed by atoms with Crippen molar-refractivity contribution in [3.8, 4) is 0 Å². The molecular formula is C18H14F3N7O2. The Morgan fingerprint density at radius 2 is 2.17 bits per heavy atom. The van der Waals surface area contributed by atoms with E-state index >= 15 is 0 Å². The number of carbonyl (C=O) groups is 1. The van der Waals surface area contributed by atoms with Crippen LogP contribution in [-0.4, -0.2) is 47.1 Å². The van der Waals surface area contributed by atoms with Crippen molar-refractivity contribution in [2.75, 3.05) is 6.54 Å². The third-order valence-electron chi connectivity index (χ3n) is 5.00. The topological polar surface area (TPSA) is 105 Å². The Morgan fingerprint density at radius 1 is 1.33 bits per heavy atom. The van der Waals surface area contributed by atoms with Gasteiger partial charge in [-0.25, -0.2) is 9.50 Å². The SMILES string of the molecule is Cc1nnc(C(=O)N2CCc3[nH]cnc3C2c2cc3c(C(F)(F)F)cccn3n2)o1. The fourth-order valence-electron chi connectivity index (χ4n) is 3.71. The van der Waals surface area contributed by atoms with E-state index in [1.165, 1.54) is 29.6 Å². The van der Waals surface area contributed by atoms with Crippen LogP contribution in [0.3, 0.4) is 0 Å². The quantitative estimate of drug-likeness (QED) is 0.538. The molecule has 0 fully saturated rings. The fourth-order valence-corrected chi connectivity index (χ4v) is 3.71. The summed E-state index contributed by atoms with van der Waals surface area (Å²) in [6.45, 7) is 1.84. The Bertz CT molecular complexity index is 1260. The molecule has 1 amide bonds. The van der Waals surface area contributed by atoms with Crippen LogP contribution in [0.1, 0.15) is 45.3 Å². The molecule has 12 heteroatoms. The van der Waals surface area contributed by atoms with Gasteiger partial charge in [-0.3, -0.25) is 4.79 Å². The van der Waals surface area contributed by atoms with Crippen LogP contribution in [0, 0.1) is 6.92 Å². The summed E-state index contributed by atoms with van der Waals surface area (Å²) < 4.78 is 46.7. The normalized spacial score (nSPS) is 16.8. The molecule has 154 valence electrons. The van der Waals surface area contributed by atoms with Crippen molar-refractivity contribution in [3.05, 3.63) is 65.1 Å². The maximum Gasteiger partial charge on any atom is 0.418 e. The molecule has 0 saturated heterocycles. The largest absolute Gasteiger partial charge is 0.418 e. The standard InChI is InChI=1S/C18H14F3N7O2/c1-9-24-25-16(30-9)17(29)27-6-4-11-14(23-8-22-11)15(27)12-7-13-10(18(19,20)21)3-2-5-28(13)26-12/h2-3,5,7-8,15H,4,6H2,1H3,(H,22,23). The molecular weight excluding hydrogens is 403 g/mol. The van der Waals surface area contributed by atoms with Gasteiger partial charge >= 0.3 is 18.0 Å². The third kappa shape index (κ3) is 2.83. The van der Waals surface area contributed by atoms with E-state index in [-0.39, 0.29) is 29.5 Å². The molecule has 4 aromatic heterocycles. The van der Waals surface area contributed by atoms with Gasteiger partial charge in [0.05, 0.1) is 28.8 Å². The summed E-state index contributed by atoms with van der Waals surface area (Å²) in [7, 11) is 0. The summed E-state index contributed by atoms with van der Waals surface area (Å²) in [4.78, 5) is 21.8. The molecule has 0 radical (unpaired) electrons. The predicted molar refractivity (Wildman–Crippen MR) is 94.4 cm³/mol. The van der Waals surface area contributed by atoms with Crippen molar-refractivity contribution in [2.45, 2.75) is 25.6 Å². The minimum atomic E-state index is -4.54. The molecule has 1 aliphatic rings. The summed E-state index contributed by atoms with van der Waals surface area (Å²) in [6, 6.07) is 2.79. The second kappa shape index (κ2) is 6.40. The van der Waals surface area contributed by atoms with Crippen LogP contribution < -0.4 is 0 Å². The van der Waals surface area contributed by atoms with E-state index < -0.39 is 23.7 Å². The maximum absolute atomic E-state index is 13.4. The van der Waals surface area contributed by atoms with Crippen LogP contribution in [-0.2, 0) is 12.6 Å². The maximum atomic E-state index is 13.4. The van der Waals surface area contributed by atoms with Crippen molar-refractivity contribution >= 4 is 11.4 Å². The van der Waals surface area contributed by atoms with Crippen molar-refractivity contribution in [1.29, 1.82) is 0 Å². The van der Waals surface area contributed by atoms with E-state index in [0.717, 1.165) is 16.3 Å². The lowest BCUT2D eigenvalue weighted by atomic mass is 9.99. The van der Waals surface area contributed by atoms with E-state index in [4.69, 9.17) is 4.42 Å². The summed E-state index contributed by atoms with van der Waals surface area (Å²) in [5, 5.41) is 11.8. The van der Waals surface area contributed by atoms with Crippen LogP contribution in [0.15, 0.2) is 35.1 Å². The molecule has 1 atom stereocenters. The highest BCUT2D eigenvalue weighted by atomic mass is 19.4. The Hall–Kier alpha value is -3.70. The number of nitrogens with zero attached hydrogens (tertiary/aromatic N) is 6. The second-order valence-electron chi connectivity index (χ2n) is 6.86. The first-order chi connectivity index (χ1) is 14.3. The molecule has 9 nitrogen and oxygen atoms in total. The lowest BCUT2D eigenvalue weighted by Crippen LogP contribution is -2.41. The minimum absolute atomic E-state index is 0.108. The third-order valence-corrected chi connectivity index (χ3v) is 5.00. The van der Waals surface area contributed by atoms with Gasteiger partial charge in [0.25, 0.3) is 0 Å². The van der Waals surface area contributed by atoms with Crippen LogP contribution in [0.4, 0.5) is 13.2 Å². The summed E-state index contributed by atoms with van der Waals surface area (Å²) in [5.41, 5.74) is 0.641. The van der Waals surface area contributed by atoms with Gasteiger partial charge in [-0.2, -0.15) is 18.3 Å². The number of imidazole rings is 1. The average molecular weight is 417 g/mol. The van der Waals surface area contributed by atoms with Crippen molar-refractivity contribution in [2.24, 2.45) is 0 Å². The summed E-state index contributed by atoms with van der Waals surface area (Å²) >= 11 is 0. The lowest BCUT2D eigenvalue weighted by Gasteiger charge is -2.32. The summed E-state index contributed by atoms with van der Waals surface area (Å²) in [6.07, 6.45) is -1.14. The van der Waals surface area contributed by atoms with E-state index in [0.29, 0.717) is 12.1 Å². The highest BCUT2D eigenvalue weighted by Crippen LogP contribution is 2.37. The summed E-state index contributed by atoms with van der Waals surface area (Å²) in [5.74, 6) is -0.506.